The van der Waals surface area contributed by atoms with E-state index >= 15 is 0 Å². The average molecular weight is 180 g/mol. The van der Waals surface area contributed by atoms with E-state index in [2.05, 4.69) is 10.3 Å². The molecule has 0 atom stereocenters. The summed E-state index contributed by atoms with van der Waals surface area (Å²) in [6.45, 7) is 1.79. The fraction of sp³-hybridized carbons (Fsp3) is 0.333. The molecule has 1 N–H and O–H groups in total. The van der Waals surface area contributed by atoms with Crippen LogP contribution in [-0.4, -0.2) is 18.0 Å². The van der Waals surface area contributed by atoms with Gasteiger partial charge < -0.3 is 10.1 Å². The van der Waals surface area contributed by atoms with Gasteiger partial charge in [0.15, 0.2) is 5.75 Å². The number of nitrogens with zero attached hydrogens (tertiary/aromatic N) is 1. The molecule has 0 aliphatic heterocycles. The van der Waals surface area contributed by atoms with Crippen molar-refractivity contribution in [3.63, 3.8) is 0 Å². The number of carbonyl (C=O) groups is 1. The number of amides is 1. The molecule has 0 fully saturated rings. The van der Waals surface area contributed by atoms with Gasteiger partial charge in [-0.1, -0.05) is 6.92 Å². The van der Waals surface area contributed by atoms with Gasteiger partial charge in [0.25, 0.3) is 0 Å². The Hall–Kier alpha value is -1.58. The van der Waals surface area contributed by atoms with Gasteiger partial charge in [0.05, 0.1) is 19.0 Å². The summed E-state index contributed by atoms with van der Waals surface area (Å²) in [4.78, 5) is 14.9. The fourth-order valence-electron chi connectivity index (χ4n) is 0.884. The summed E-state index contributed by atoms with van der Waals surface area (Å²) >= 11 is 0. The molecule has 70 valence electrons. The van der Waals surface area contributed by atoms with E-state index in [1.807, 2.05) is 0 Å². The van der Waals surface area contributed by atoms with Crippen LogP contribution in [0.4, 0.5) is 5.69 Å². The average Bonchev–Trinajstić information content (AvgIpc) is 2.18. The Labute approximate surface area is 76.9 Å². The van der Waals surface area contributed by atoms with Crippen molar-refractivity contribution in [1.29, 1.82) is 0 Å². The van der Waals surface area contributed by atoms with E-state index in [0.717, 1.165) is 0 Å². The summed E-state index contributed by atoms with van der Waals surface area (Å²) in [7, 11) is 1.54. The van der Waals surface area contributed by atoms with Crippen molar-refractivity contribution in [3.8, 4) is 5.75 Å². The molecule has 1 heterocycles. The van der Waals surface area contributed by atoms with Crippen molar-refractivity contribution in [1.82, 2.24) is 4.98 Å². The Morgan fingerprint density at radius 1 is 1.69 bits per heavy atom. The van der Waals surface area contributed by atoms with Crippen molar-refractivity contribution in [3.05, 3.63) is 18.5 Å². The van der Waals surface area contributed by atoms with E-state index in [1.165, 1.54) is 0 Å². The van der Waals surface area contributed by atoms with E-state index in [1.54, 1.807) is 32.5 Å². The van der Waals surface area contributed by atoms with E-state index in [-0.39, 0.29) is 5.91 Å². The number of rotatable bonds is 3. The van der Waals surface area contributed by atoms with Gasteiger partial charge in [-0.25, -0.2) is 0 Å². The first-order chi connectivity index (χ1) is 6.27. The molecular weight excluding hydrogens is 168 g/mol. The number of aromatic nitrogens is 1. The number of carbonyl (C=O) groups excluding carboxylic acids is 1. The lowest BCUT2D eigenvalue weighted by molar-refractivity contribution is -0.115. The van der Waals surface area contributed by atoms with Crippen LogP contribution in [0.1, 0.15) is 13.3 Å². The third kappa shape index (κ3) is 2.43. The number of pyridine rings is 1. The van der Waals surface area contributed by atoms with Crippen molar-refractivity contribution < 1.29 is 9.53 Å². The zero-order chi connectivity index (χ0) is 9.68. The van der Waals surface area contributed by atoms with Crippen LogP contribution in [0.2, 0.25) is 0 Å². The van der Waals surface area contributed by atoms with Crippen molar-refractivity contribution in [2.75, 3.05) is 12.4 Å². The minimum absolute atomic E-state index is 0.0375. The topological polar surface area (TPSA) is 51.2 Å². The summed E-state index contributed by atoms with van der Waals surface area (Å²) in [5, 5.41) is 2.71. The molecule has 4 heteroatoms. The van der Waals surface area contributed by atoms with Crippen LogP contribution in [0.25, 0.3) is 0 Å². The quantitative estimate of drug-likeness (QED) is 0.765. The standard InChI is InChI=1S/C9H12N2O2/c1-3-9(12)11-7-4-5-10-6-8(7)13-2/h4-6H,3H2,1-2H3,(H,10,11,12). The third-order valence-electron chi connectivity index (χ3n) is 1.60. The number of methoxy groups -OCH3 is 1. The van der Waals surface area contributed by atoms with Crippen LogP contribution in [-0.2, 0) is 4.79 Å². The lowest BCUT2D eigenvalue weighted by Crippen LogP contribution is -2.10. The Balaban J connectivity index is 2.81. The first-order valence-corrected chi connectivity index (χ1v) is 4.05. The summed E-state index contributed by atoms with van der Waals surface area (Å²) in [6, 6.07) is 1.70. The van der Waals surface area contributed by atoms with Crippen LogP contribution in [0.3, 0.4) is 0 Å². The highest BCUT2D eigenvalue weighted by molar-refractivity contribution is 5.91. The highest BCUT2D eigenvalue weighted by atomic mass is 16.5. The molecule has 1 aromatic heterocycles. The van der Waals surface area contributed by atoms with E-state index < -0.39 is 0 Å². The first-order valence-electron chi connectivity index (χ1n) is 4.05. The van der Waals surface area contributed by atoms with Crippen LogP contribution in [0, 0.1) is 0 Å². The molecule has 1 rings (SSSR count). The minimum atomic E-state index is -0.0375. The maximum absolute atomic E-state index is 11.1. The number of anilines is 1. The molecule has 4 nitrogen and oxygen atoms in total. The van der Waals surface area contributed by atoms with Crippen molar-refractivity contribution >= 4 is 11.6 Å². The second kappa shape index (κ2) is 4.45. The van der Waals surface area contributed by atoms with E-state index in [9.17, 15) is 4.79 Å². The smallest absolute Gasteiger partial charge is 0.224 e. The molecule has 0 unspecified atom stereocenters. The second-order valence-corrected chi connectivity index (χ2v) is 2.48. The number of ether oxygens (including phenoxy) is 1. The molecule has 0 aliphatic carbocycles. The van der Waals surface area contributed by atoms with Crippen LogP contribution in [0.5, 0.6) is 5.75 Å². The molecule has 0 saturated heterocycles. The largest absolute Gasteiger partial charge is 0.493 e. The van der Waals surface area contributed by atoms with Gasteiger partial charge in [0.2, 0.25) is 5.91 Å². The van der Waals surface area contributed by atoms with Gasteiger partial charge >= 0.3 is 0 Å². The zero-order valence-electron chi connectivity index (χ0n) is 7.70. The van der Waals surface area contributed by atoms with Gasteiger partial charge in [-0.2, -0.15) is 0 Å². The molecule has 1 aromatic rings. The van der Waals surface area contributed by atoms with Crippen LogP contribution < -0.4 is 10.1 Å². The zero-order valence-corrected chi connectivity index (χ0v) is 7.70. The Kier molecular flexibility index (Phi) is 3.25. The van der Waals surface area contributed by atoms with E-state index in [4.69, 9.17) is 4.74 Å². The monoisotopic (exact) mass is 180 g/mol. The van der Waals surface area contributed by atoms with Gasteiger partial charge in [-0.3, -0.25) is 9.78 Å². The Bertz CT molecular complexity index is 299. The molecule has 1 amide bonds. The molecule has 0 aromatic carbocycles. The normalized spacial score (nSPS) is 9.38. The highest BCUT2D eigenvalue weighted by Crippen LogP contribution is 2.21. The SMILES string of the molecule is CCC(=O)Nc1ccncc1OC. The molecule has 0 aliphatic rings. The van der Waals surface area contributed by atoms with Crippen molar-refractivity contribution in [2.24, 2.45) is 0 Å². The number of hydrogen-bond donors (Lipinski definition) is 1. The first kappa shape index (κ1) is 9.51. The second-order valence-electron chi connectivity index (χ2n) is 2.48. The van der Waals surface area contributed by atoms with Gasteiger partial charge in [-0.05, 0) is 6.07 Å². The van der Waals surface area contributed by atoms with Gasteiger partial charge in [0, 0.05) is 12.6 Å². The van der Waals surface area contributed by atoms with Gasteiger partial charge in [-0.15, -0.1) is 0 Å². The predicted octanol–water partition coefficient (Wildman–Crippen LogP) is 1.44. The Morgan fingerprint density at radius 2 is 2.46 bits per heavy atom. The molecule has 0 spiro atoms. The van der Waals surface area contributed by atoms with Crippen molar-refractivity contribution in [2.45, 2.75) is 13.3 Å². The molecule has 13 heavy (non-hydrogen) atoms. The Morgan fingerprint density at radius 3 is 3.08 bits per heavy atom. The number of nitrogens with one attached hydrogen (secondary N) is 1. The lowest BCUT2D eigenvalue weighted by Gasteiger charge is -2.07. The molecule has 0 saturated carbocycles. The molecule has 0 bridgehead atoms. The molecule has 0 radical (unpaired) electrons. The fourth-order valence-corrected chi connectivity index (χ4v) is 0.884. The van der Waals surface area contributed by atoms with E-state index in [0.29, 0.717) is 17.9 Å². The maximum Gasteiger partial charge on any atom is 0.224 e. The maximum atomic E-state index is 11.1. The predicted molar refractivity (Wildman–Crippen MR) is 49.7 cm³/mol. The lowest BCUT2D eigenvalue weighted by atomic mass is 10.3. The summed E-state index contributed by atoms with van der Waals surface area (Å²) in [5.74, 6) is 0.536. The summed E-state index contributed by atoms with van der Waals surface area (Å²) < 4.78 is 5.01. The summed E-state index contributed by atoms with van der Waals surface area (Å²) in [5.41, 5.74) is 0.657. The van der Waals surface area contributed by atoms with Gasteiger partial charge in [0.1, 0.15) is 0 Å². The van der Waals surface area contributed by atoms with Crippen LogP contribution in [0.15, 0.2) is 18.5 Å². The third-order valence-corrected chi connectivity index (χ3v) is 1.60. The highest BCUT2D eigenvalue weighted by Gasteiger charge is 2.04. The van der Waals surface area contributed by atoms with Crippen LogP contribution >= 0.6 is 0 Å². The minimum Gasteiger partial charge on any atom is -0.493 e. The number of hydrogen-bond acceptors (Lipinski definition) is 3. The summed E-state index contributed by atoms with van der Waals surface area (Å²) in [6.07, 6.45) is 3.62. The molecular formula is C9H12N2O2.